The lowest BCUT2D eigenvalue weighted by Crippen LogP contribution is -2.47. The van der Waals surface area contributed by atoms with Crippen LogP contribution in [0.4, 0.5) is 5.95 Å². The summed E-state index contributed by atoms with van der Waals surface area (Å²) in [6.45, 7) is 9.14. The minimum absolute atomic E-state index is 0.843. The van der Waals surface area contributed by atoms with Crippen molar-refractivity contribution < 1.29 is 0 Å². The summed E-state index contributed by atoms with van der Waals surface area (Å²) in [6, 6.07) is 10.7. The van der Waals surface area contributed by atoms with Gasteiger partial charge in [0.2, 0.25) is 5.95 Å². The van der Waals surface area contributed by atoms with Crippen LogP contribution in [-0.4, -0.2) is 79.1 Å². The van der Waals surface area contributed by atoms with Gasteiger partial charge in [-0.1, -0.05) is 31.2 Å². The lowest BCUT2D eigenvalue weighted by Gasteiger charge is -2.34. The number of nitrogens with one attached hydrogen (secondary N) is 1. The van der Waals surface area contributed by atoms with Gasteiger partial charge in [0.25, 0.3) is 0 Å². The van der Waals surface area contributed by atoms with Gasteiger partial charge in [0.05, 0.1) is 0 Å². The smallest absolute Gasteiger partial charge is 0.225 e. The zero-order chi connectivity index (χ0) is 21.2. The Balaban J connectivity index is 1.34. The molecule has 3 rings (SSSR count). The van der Waals surface area contributed by atoms with E-state index in [2.05, 4.69) is 73.2 Å². The van der Waals surface area contributed by atoms with E-state index in [0.29, 0.717) is 0 Å². The molecule has 1 aromatic carbocycles. The number of benzene rings is 1. The molecule has 1 aliphatic heterocycles. The molecular formula is C23H35N7. The first-order chi connectivity index (χ1) is 14.7. The molecule has 0 spiro atoms. The molecule has 7 heteroatoms. The van der Waals surface area contributed by atoms with E-state index < -0.39 is 0 Å². The van der Waals surface area contributed by atoms with Crippen molar-refractivity contribution in [1.82, 2.24) is 25.1 Å². The summed E-state index contributed by atoms with van der Waals surface area (Å²) in [5.41, 5.74) is 2.68. The molecule has 0 aliphatic carbocycles. The van der Waals surface area contributed by atoms with Crippen molar-refractivity contribution in [1.29, 1.82) is 0 Å². The van der Waals surface area contributed by atoms with Gasteiger partial charge >= 0.3 is 0 Å². The third kappa shape index (κ3) is 6.42. The number of piperazine rings is 1. The van der Waals surface area contributed by atoms with Crippen molar-refractivity contribution in [3.63, 3.8) is 0 Å². The van der Waals surface area contributed by atoms with Crippen LogP contribution in [0.3, 0.4) is 0 Å². The molecule has 1 aliphatic rings. The van der Waals surface area contributed by atoms with Gasteiger partial charge in [-0.25, -0.2) is 9.97 Å². The average molecular weight is 410 g/mol. The van der Waals surface area contributed by atoms with Crippen molar-refractivity contribution in [2.45, 2.75) is 26.3 Å². The summed E-state index contributed by atoms with van der Waals surface area (Å²) in [7, 11) is 3.94. The lowest BCUT2D eigenvalue weighted by molar-refractivity contribution is 0.254. The predicted molar refractivity (Wildman–Crippen MR) is 124 cm³/mol. The SMILES string of the molecule is CCc1ccc(CN(C)C(=NC)NCCCN2CCN(c3ncccn3)CC2)cc1. The van der Waals surface area contributed by atoms with Crippen LogP contribution in [0.5, 0.6) is 0 Å². The highest BCUT2D eigenvalue weighted by molar-refractivity contribution is 5.79. The number of aryl methyl sites for hydroxylation is 1. The first-order valence-corrected chi connectivity index (χ1v) is 10.9. The molecule has 0 radical (unpaired) electrons. The normalized spacial score (nSPS) is 15.3. The second-order valence-electron chi connectivity index (χ2n) is 7.73. The number of hydrogen-bond donors (Lipinski definition) is 1. The third-order valence-electron chi connectivity index (χ3n) is 5.57. The Labute approximate surface area is 180 Å². The highest BCUT2D eigenvalue weighted by atomic mass is 15.3. The fourth-order valence-corrected chi connectivity index (χ4v) is 3.74. The number of anilines is 1. The molecular weight excluding hydrogens is 374 g/mol. The number of guanidine groups is 1. The summed E-state index contributed by atoms with van der Waals surface area (Å²) in [5, 5.41) is 3.51. The van der Waals surface area contributed by atoms with Gasteiger partial charge in [-0.3, -0.25) is 9.89 Å². The number of aromatic nitrogens is 2. The van der Waals surface area contributed by atoms with Crippen molar-refractivity contribution in [3.8, 4) is 0 Å². The van der Waals surface area contributed by atoms with E-state index in [9.17, 15) is 0 Å². The maximum absolute atomic E-state index is 4.44. The highest BCUT2D eigenvalue weighted by Crippen LogP contribution is 2.10. The molecule has 7 nitrogen and oxygen atoms in total. The van der Waals surface area contributed by atoms with Gasteiger partial charge < -0.3 is 15.1 Å². The maximum Gasteiger partial charge on any atom is 0.225 e. The fraction of sp³-hybridized carbons (Fsp3) is 0.522. The quantitative estimate of drug-likeness (QED) is 0.410. The van der Waals surface area contributed by atoms with Gasteiger partial charge in [-0.05, 0) is 36.6 Å². The summed E-state index contributed by atoms with van der Waals surface area (Å²) in [5.74, 6) is 1.79. The number of hydrogen-bond acceptors (Lipinski definition) is 5. The van der Waals surface area contributed by atoms with Gasteiger partial charge in [0.1, 0.15) is 0 Å². The molecule has 0 atom stereocenters. The molecule has 0 bridgehead atoms. The summed E-state index contributed by atoms with van der Waals surface area (Å²) in [6.07, 6.45) is 5.79. The lowest BCUT2D eigenvalue weighted by atomic mass is 10.1. The van der Waals surface area contributed by atoms with E-state index in [1.807, 2.05) is 25.5 Å². The fourth-order valence-electron chi connectivity index (χ4n) is 3.74. The van der Waals surface area contributed by atoms with Crippen LogP contribution in [0, 0.1) is 0 Å². The summed E-state index contributed by atoms with van der Waals surface area (Å²) in [4.78, 5) is 20.1. The van der Waals surface area contributed by atoms with Crippen molar-refractivity contribution in [2.24, 2.45) is 4.99 Å². The molecule has 0 amide bonds. The zero-order valence-electron chi connectivity index (χ0n) is 18.6. The molecule has 1 aromatic heterocycles. The highest BCUT2D eigenvalue weighted by Gasteiger charge is 2.18. The number of aliphatic imine (C=N–C) groups is 1. The molecule has 2 heterocycles. The second kappa shape index (κ2) is 11.5. The van der Waals surface area contributed by atoms with Crippen LogP contribution in [0.15, 0.2) is 47.7 Å². The standard InChI is InChI=1S/C23H35N7/c1-4-20-7-9-21(10-8-20)19-28(3)22(24-2)25-13-6-14-29-15-17-30(18-16-29)23-26-11-5-12-27-23/h5,7-12H,4,6,13-19H2,1-3H3,(H,24,25). The van der Waals surface area contributed by atoms with E-state index in [1.165, 1.54) is 11.1 Å². The Morgan fingerprint density at radius 2 is 1.73 bits per heavy atom. The second-order valence-corrected chi connectivity index (χ2v) is 7.73. The Hall–Kier alpha value is -2.67. The van der Waals surface area contributed by atoms with Gasteiger partial charge in [-0.2, -0.15) is 0 Å². The molecule has 1 N–H and O–H groups in total. The molecule has 0 saturated carbocycles. The Morgan fingerprint density at radius 1 is 1.07 bits per heavy atom. The van der Waals surface area contributed by atoms with Crippen LogP contribution >= 0.6 is 0 Å². The van der Waals surface area contributed by atoms with Crippen LogP contribution in [-0.2, 0) is 13.0 Å². The van der Waals surface area contributed by atoms with Crippen LogP contribution in [0.25, 0.3) is 0 Å². The maximum atomic E-state index is 4.44. The average Bonchev–Trinajstić information content (AvgIpc) is 2.80. The summed E-state index contributed by atoms with van der Waals surface area (Å²) >= 11 is 0. The van der Waals surface area contributed by atoms with E-state index in [4.69, 9.17) is 0 Å². The largest absolute Gasteiger partial charge is 0.356 e. The monoisotopic (exact) mass is 409 g/mol. The Kier molecular flexibility index (Phi) is 8.44. The molecule has 30 heavy (non-hydrogen) atoms. The van der Waals surface area contributed by atoms with Crippen LogP contribution in [0.1, 0.15) is 24.5 Å². The first kappa shape index (κ1) is 22.0. The Bertz CT molecular complexity index is 768. The minimum atomic E-state index is 0.843. The number of nitrogens with zero attached hydrogens (tertiary/aromatic N) is 6. The first-order valence-electron chi connectivity index (χ1n) is 10.9. The third-order valence-corrected chi connectivity index (χ3v) is 5.57. The van der Waals surface area contributed by atoms with Gasteiger partial charge in [0.15, 0.2) is 5.96 Å². The topological polar surface area (TPSA) is 59.9 Å². The van der Waals surface area contributed by atoms with Gasteiger partial charge in [-0.15, -0.1) is 0 Å². The zero-order valence-corrected chi connectivity index (χ0v) is 18.6. The van der Waals surface area contributed by atoms with E-state index in [-0.39, 0.29) is 0 Å². The van der Waals surface area contributed by atoms with E-state index >= 15 is 0 Å². The summed E-state index contributed by atoms with van der Waals surface area (Å²) < 4.78 is 0. The van der Waals surface area contributed by atoms with E-state index in [0.717, 1.165) is 70.6 Å². The minimum Gasteiger partial charge on any atom is -0.356 e. The van der Waals surface area contributed by atoms with Gasteiger partial charge in [0, 0.05) is 65.8 Å². The van der Waals surface area contributed by atoms with Crippen molar-refractivity contribution in [3.05, 3.63) is 53.9 Å². The number of rotatable bonds is 8. The van der Waals surface area contributed by atoms with Crippen LogP contribution in [0.2, 0.25) is 0 Å². The molecule has 2 aromatic rings. The predicted octanol–water partition coefficient (Wildman–Crippen LogP) is 2.26. The van der Waals surface area contributed by atoms with Crippen molar-refractivity contribution in [2.75, 3.05) is 58.3 Å². The van der Waals surface area contributed by atoms with Crippen LogP contribution < -0.4 is 10.2 Å². The molecule has 1 saturated heterocycles. The molecule has 162 valence electrons. The van der Waals surface area contributed by atoms with Crippen molar-refractivity contribution >= 4 is 11.9 Å². The van der Waals surface area contributed by atoms with E-state index in [1.54, 1.807) is 0 Å². The Morgan fingerprint density at radius 3 is 2.37 bits per heavy atom. The molecule has 0 unspecified atom stereocenters. The molecule has 1 fully saturated rings.